The molecule has 0 N–H and O–H groups in total. The van der Waals surface area contributed by atoms with Crippen LogP contribution in [0.3, 0.4) is 0 Å². The van der Waals surface area contributed by atoms with E-state index in [2.05, 4.69) is 108 Å². The maximum Gasteiger partial charge on any atom is 0.182 e. The molecule has 1 aliphatic heterocycles. The van der Waals surface area contributed by atoms with Crippen LogP contribution in [-0.2, 0) is 5.41 Å². The van der Waals surface area contributed by atoms with Crippen molar-refractivity contribution in [2.24, 2.45) is 0 Å². The van der Waals surface area contributed by atoms with Gasteiger partial charge in [-0.15, -0.1) is 0 Å². The van der Waals surface area contributed by atoms with E-state index in [1.807, 2.05) is 60.7 Å². The van der Waals surface area contributed by atoms with E-state index in [4.69, 9.17) is 19.7 Å². The van der Waals surface area contributed by atoms with Crippen molar-refractivity contribution in [2.75, 3.05) is 0 Å². The highest BCUT2D eigenvalue weighted by molar-refractivity contribution is 5.90. The molecule has 2 aromatic heterocycles. The molecule has 0 bridgehead atoms. The molecule has 6 aromatic carbocycles. The highest BCUT2D eigenvalue weighted by atomic mass is 16.5. The van der Waals surface area contributed by atoms with Crippen molar-refractivity contribution in [1.82, 2.24) is 19.9 Å². The minimum Gasteiger partial charge on any atom is -0.457 e. The van der Waals surface area contributed by atoms with Gasteiger partial charge in [-0.3, -0.25) is 4.98 Å². The van der Waals surface area contributed by atoms with E-state index >= 15 is 0 Å². The molecule has 0 saturated carbocycles. The maximum atomic E-state index is 6.81. The van der Waals surface area contributed by atoms with E-state index in [-0.39, 0.29) is 0 Å². The average Bonchev–Trinajstić information content (AvgIpc) is 3.49. The molecule has 5 nitrogen and oxygen atoms in total. The first kappa shape index (κ1) is 28.3. The zero-order valence-electron chi connectivity index (χ0n) is 26.9. The molecular formula is C45H28N4O. The van der Waals surface area contributed by atoms with Crippen molar-refractivity contribution in [2.45, 2.75) is 5.41 Å². The molecular weight excluding hydrogens is 613 g/mol. The van der Waals surface area contributed by atoms with Gasteiger partial charge in [0.25, 0.3) is 0 Å². The predicted molar refractivity (Wildman–Crippen MR) is 197 cm³/mol. The number of hydrogen-bond donors (Lipinski definition) is 0. The molecule has 3 heterocycles. The summed E-state index contributed by atoms with van der Waals surface area (Å²) in [6, 6.07) is 56.7. The molecule has 1 aliphatic carbocycles. The monoisotopic (exact) mass is 640 g/mol. The van der Waals surface area contributed by atoms with Crippen LogP contribution in [0.2, 0.25) is 0 Å². The lowest BCUT2D eigenvalue weighted by Gasteiger charge is -2.39. The Bertz CT molecular complexity index is 2480. The zero-order chi connectivity index (χ0) is 33.1. The molecule has 1 spiro atoms. The van der Waals surface area contributed by atoms with Gasteiger partial charge in [-0.1, -0.05) is 140 Å². The molecule has 8 aromatic rings. The van der Waals surface area contributed by atoms with Gasteiger partial charge in [0.2, 0.25) is 0 Å². The van der Waals surface area contributed by atoms with Crippen molar-refractivity contribution in [3.63, 3.8) is 0 Å². The Hall–Kier alpha value is -6.72. The molecule has 0 unspecified atom stereocenters. The lowest BCUT2D eigenvalue weighted by molar-refractivity contribution is 0.436. The Morgan fingerprint density at radius 2 is 0.960 bits per heavy atom. The fourth-order valence-electron chi connectivity index (χ4n) is 7.78. The Kier molecular flexibility index (Phi) is 6.33. The van der Waals surface area contributed by atoms with Crippen LogP contribution in [0, 0.1) is 0 Å². The molecule has 10 rings (SSSR count). The quantitative estimate of drug-likeness (QED) is 0.192. The molecule has 234 valence electrons. The summed E-state index contributed by atoms with van der Waals surface area (Å²) >= 11 is 0. The maximum absolute atomic E-state index is 6.81. The summed E-state index contributed by atoms with van der Waals surface area (Å²) in [6.07, 6.45) is 1.76. The summed E-state index contributed by atoms with van der Waals surface area (Å²) in [7, 11) is 0. The number of aromatic nitrogens is 4. The van der Waals surface area contributed by atoms with Crippen LogP contribution >= 0.6 is 0 Å². The largest absolute Gasteiger partial charge is 0.457 e. The molecule has 0 radical (unpaired) electrons. The van der Waals surface area contributed by atoms with Gasteiger partial charge >= 0.3 is 0 Å². The van der Waals surface area contributed by atoms with Crippen molar-refractivity contribution >= 4 is 0 Å². The Balaban J connectivity index is 1.18. The fraction of sp³-hybridized carbons (Fsp3) is 0.0222. The SMILES string of the molecule is c1ccc(-c2nc(-c3ccccn3)nc(-c3ccccc3-c3ccc4c(c3)Oc3ccccc3C43c4ccccc4-c4ccccc43)n2)cc1. The van der Waals surface area contributed by atoms with Gasteiger partial charge in [0.05, 0.1) is 5.41 Å². The normalized spacial score (nSPS) is 13.1. The third-order valence-corrected chi connectivity index (χ3v) is 9.89. The Labute approximate surface area is 289 Å². The first-order valence-electron chi connectivity index (χ1n) is 16.7. The summed E-state index contributed by atoms with van der Waals surface area (Å²) in [5.41, 5.74) is 11.3. The average molecular weight is 641 g/mol. The van der Waals surface area contributed by atoms with Crippen LogP contribution in [-0.4, -0.2) is 19.9 Å². The predicted octanol–water partition coefficient (Wildman–Crippen LogP) is 10.4. The van der Waals surface area contributed by atoms with E-state index in [1.54, 1.807) is 6.20 Å². The van der Waals surface area contributed by atoms with Crippen molar-refractivity contribution in [3.05, 3.63) is 192 Å². The molecule has 0 saturated heterocycles. The third-order valence-electron chi connectivity index (χ3n) is 9.89. The summed E-state index contributed by atoms with van der Waals surface area (Å²) in [4.78, 5) is 19.4. The number of benzene rings is 6. The molecule has 2 aliphatic rings. The van der Waals surface area contributed by atoms with Gasteiger partial charge in [0, 0.05) is 28.5 Å². The second-order valence-corrected chi connectivity index (χ2v) is 12.6. The highest BCUT2D eigenvalue weighted by Gasteiger charge is 2.50. The topological polar surface area (TPSA) is 60.8 Å². The van der Waals surface area contributed by atoms with E-state index in [0.717, 1.165) is 44.9 Å². The molecule has 0 amide bonds. The van der Waals surface area contributed by atoms with Crippen LogP contribution < -0.4 is 4.74 Å². The standard InChI is InChI=1S/C45H28N4O/c1-2-14-29(15-3-1)42-47-43(49-44(48-42)39-23-12-13-27-46-39)34-19-5-4-16-31(34)30-25-26-38-41(28-30)50-40-24-11-10-22-37(40)45(38)35-20-8-6-17-32(35)33-18-7-9-21-36(33)45/h1-28H. The van der Waals surface area contributed by atoms with Gasteiger partial charge in [0.1, 0.15) is 17.2 Å². The summed E-state index contributed by atoms with van der Waals surface area (Å²) in [6.45, 7) is 0. The minimum atomic E-state index is -0.508. The summed E-state index contributed by atoms with van der Waals surface area (Å²) in [5.74, 6) is 3.39. The zero-order valence-corrected chi connectivity index (χ0v) is 26.9. The van der Waals surface area contributed by atoms with E-state index in [9.17, 15) is 0 Å². The Morgan fingerprint density at radius 1 is 0.380 bits per heavy atom. The van der Waals surface area contributed by atoms with Gasteiger partial charge in [-0.05, 0) is 57.6 Å². The minimum absolute atomic E-state index is 0.508. The van der Waals surface area contributed by atoms with Crippen LogP contribution in [0.5, 0.6) is 11.5 Å². The second-order valence-electron chi connectivity index (χ2n) is 12.6. The number of nitrogens with zero attached hydrogens (tertiary/aromatic N) is 4. The summed E-state index contributed by atoms with van der Waals surface area (Å²) in [5, 5.41) is 0. The van der Waals surface area contributed by atoms with Gasteiger partial charge < -0.3 is 4.74 Å². The van der Waals surface area contributed by atoms with Crippen LogP contribution in [0.25, 0.3) is 56.5 Å². The highest BCUT2D eigenvalue weighted by Crippen LogP contribution is 2.62. The van der Waals surface area contributed by atoms with Crippen molar-refractivity contribution in [3.8, 4) is 68.0 Å². The molecule has 0 atom stereocenters. The molecule has 50 heavy (non-hydrogen) atoms. The molecule has 5 heteroatoms. The first-order chi connectivity index (χ1) is 24.8. The summed E-state index contributed by atoms with van der Waals surface area (Å²) < 4.78 is 6.81. The number of ether oxygens (including phenoxy) is 1. The van der Waals surface area contributed by atoms with E-state index in [0.29, 0.717) is 23.2 Å². The molecule has 0 fully saturated rings. The van der Waals surface area contributed by atoms with E-state index < -0.39 is 5.41 Å². The van der Waals surface area contributed by atoms with Gasteiger partial charge in [-0.25, -0.2) is 15.0 Å². The van der Waals surface area contributed by atoms with Crippen LogP contribution in [0.4, 0.5) is 0 Å². The number of hydrogen-bond acceptors (Lipinski definition) is 5. The second kappa shape index (κ2) is 11.2. The van der Waals surface area contributed by atoms with Crippen molar-refractivity contribution < 1.29 is 4.74 Å². The van der Waals surface area contributed by atoms with Gasteiger partial charge in [-0.2, -0.15) is 0 Å². The smallest absolute Gasteiger partial charge is 0.182 e. The van der Waals surface area contributed by atoms with Crippen molar-refractivity contribution in [1.29, 1.82) is 0 Å². The lowest BCUT2D eigenvalue weighted by atomic mass is 9.66. The van der Waals surface area contributed by atoms with Gasteiger partial charge in [0.15, 0.2) is 17.5 Å². The van der Waals surface area contributed by atoms with E-state index in [1.165, 1.54) is 22.3 Å². The number of fused-ring (bicyclic) bond motifs is 9. The van der Waals surface area contributed by atoms with Crippen LogP contribution in [0.1, 0.15) is 22.3 Å². The lowest BCUT2D eigenvalue weighted by Crippen LogP contribution is -2.32. The number of rotatable bonds is 4. The number of pyridine rings is 1. The number of para-hydroxylation sites is 1. The first-order valence-corrected chi connectivity index (χ1v) is 16.7. The Morgan fingerprint density at radius 3 is 1.70 bits per heavy atom. The van der Waals surface area contributed by atoms with Crippen LogP contribution in [0.15, 0.2) is 170 Å². The fourth-order valence-corrected chi connectivity index (χ4v) is 7.78. The third kappa shape index (κ3) is 4.20.